The van der Waals surface area contributed by atoms with Crippen molar-refractivity contribution in [1.29, 1.82) is 0 Å². The van der Waals surface area contributed by atoms with Crippen LogP contribution in [-0.4, -0.2) is 51.0 Å². The molecule has 0 spiro atoms. The van der Waals surface area contributed by atoms with Gasteiger partial charge in [0.05, 0.1) is 13.7 Å². The van der Waals surface area contributed by atoms with Gasteiger partial charge in [0.1, 0.15) is 11.3 Å². The highest BCUT2D eigenvalue weighted by atomic mass is 32.2. The van der Waals surface area contributed by atoms with Gasteiger partial charge in [-0.05, 0) is 37.8 Å². The van der Waals surface area contributed by atoms with Crippen LogP contribution >= 0.6 is 11.8 Å². The Morgan fingerprint density at radius 2 is 1.96 bits per heavy atom. The lowest BCUT2D eigenvalue weighted by Gasteiger charge is -2.10. The summed E-state index contributed by atoms with van der Waals surface area (Å²) in [6.45, 7) is 1.98. The monoisotopic (exact) mass is 369 g/mol. The van der Waals surface area contributed by atoms with Crippen LogP contribution in [-0.2, 0) is 19.1 Å². The van der Waals surface area contributed by atoms with Crippen molar-refractivity contribution in [2.24, 2.45) is 0 Å². The van der Waals surface area contributed by atoms with Crippen LogP contribution in [0.2, 0.25) is 0 Å². The molecule has 1 amide bonds. The van der Waals surface area contributed by atoms with E-state index in [2.05, 4.69) is 5.32 Å². The van der Waals surface area contributed by atoms with Crippen molar-refractivity contribution in [3.8, 4) is 5.75 Å². The Bertz CT molecular complexity index is 605. The Morgan fingerprint density at radius 3 is 2.60 bits per heavy atom. The summed E-state index contributed by atoms with van der Waals surface area (Å²) < 4.78 is 15.0. The number of carbonyl (C=O) groups excluding carboxylic acids is 3. The summed E-state index contributed by atoms with van der Waals surface area (Å²) >= 11 is 1.52. The molecule has 0 aliphatic carbocycles. The highest BCUT2D eigenvalue weighted by Gasteiger charge is 2.15. The minimum atomic E-state index is -0.633. The molecule has 0 aliphatic rings. The number of amides is 1. The first-order chi connectivity index (χ1) is 12.0. The van der Waals surface area contributed by atoms with E-state index in [-0.39, 0.29) is 18.0 Å². The molecule has 138 valence electrons. The second-order valence-electron chi connectivity index (χ2n) is 4.90. The molecular formula is C17H23NO6S. The number of nitrogens with one attached hydrogen (secondary N) is 1. The Labute approximate surface area is 151 Å². The van der Waals surface area contributed by atoms with Crippen LogP contribution in [0.25, 0.3) is 0 Å². The van der Waals surface area contributed by atoms with Crippen molar-refractivity contribution >= 4 is 29.6 Å². The van der Waals surface area contributed by atoms with E-state index in [1.807, 2.05) is 6.26 Å². The molecule has 0 fully saturated rings. The number of hydrogen-bond donors (Lipinski definition) is 1. The van der Waals surface area contributed by atoms with Gasteiger partial charge in [0.25, 0.3) is 5.91 Å². The highest BCUT2D eigenvalue weighted by Crippen LogP contribution is 2.25. The summed E-state index contributed by atoms with van der Waals surface area (Å²) in [6, 6.07) is 5.11. The molecular weight excluding hydrogens is 346 g/mol. The lowest BCUT2D eigenvalue weighted by molar-refractivity contribution is -0.143. The van der Waals surface area contributed by atoms with Crippen LogP contribution in [0.4, 0.5) is 0 Å². The molecule has 0 saturated carbocycles. The zero-order valence-corrected chi connectivity index (χ0v) is 15.4. The average molecular weight is 369 g/mol. The third-order valence-electron chi connectivity index (χ3n) is 3.15. The van der Waals surface area contributed by atoms with Crippen molar-refractivity contribution in [2.45, 2.75) is 24.7 Å². The minimum Gasteiger partial charge on any atom is -0.496 e. The topological polar surface area (TPSA) is 90.9 Å². The maximum Gasteiger partial charge on any atom is 0.342 e. The van der Waals surface area contributed by atoms with Crippen molar-refractivity contribution in [1.82, 2.24) is 5.32 Å². The van der Waals surface area contributed by atoms with Crippen LogP contribution in [0.1, 0.15) is 30.1 Å². The molecule has 25 heavy (non-hydrogen) atoms. The third-order valence-corrected chi connectivity index (χ3v) is 3.87. The number of ether oxygens (including phenoxy) is 3. The molecule has 1 N–H and O–H groups in total. The predicted octanol–water partition coefficient (Wildman–Crippen LogP) is 2.03. The number of esters is 2. The van der Waals surface area contributed by atoms with Gasteiger partial charge < -0.3 is 19.5 Å². The van der Waals surface area contributed by atoms with E-state index in [4.69, 9.17) is 14.2 Å². The first-order valence-corrected chi connectivity index (χ1v) is 9.05. The summed E-state index contributed by atoms with van der Waals surface area (Å²) in [5.41, 5.74) is 0.260. The molecule has 0 aromatic heterocycles. The zero-order valence-electron chi connectivity index (χ0n) is 14.6. The van der Waals surface area contributed by atoms with E-state index in [1.165, 1.54) is 18.9 Å². The first kappa shape index (κ1) is 20.8. The number of methoxy groups -OCH3 is 1. The Hall–Kier alpha value is -2.22. The average Bonchev–Trinajstić information content (AvgIpc) is 2.62. The Morgan fingerprint density at radius 1 is 1.20 bits per heavy atom. The lowest BCUT2D eigenvalue weighted by Crippen LogP contribution is -2.30. The summed E-state index contributed by atoms with van der Waals surface area (Å²) in [5.74, 6) is -0.973. The predicted molar refractivity (Wildman–Crippen MR) is 93.9 cm³/mol. The van der Waals surface area contributed by atoms with Crippen molar-refractivity contribution in [3.63, 3.8) is 0 Å². The third kappa shape index (κ3) is 7.47. The van der Waals surface area contributed by atoms with Gasteiger partial charge in [-0.3, -0.25) is 9.59 Å². The van der Waals surface area contributed by atoms with Crippen LogP contribution in [0.3, 0.4) is 0 Å². The van der Waals surface area contributed by atoms with Gasteiger partial charge >= 0.3 is 11.9 Å². The molecule has 8 heteroatoms. The molecule has 0 saturated heterocycles. The maximum absolute atomic E-state index is 12.1. The summed E-state index contributed by atoms with van der Waals surface area (Å²) in [5, 5.41) is 2.58. The Kier molecular flexibility index (Phi) is 9.46. The fraction of sp³-hybridized carbons (Fsp3) is 0.471. The highest BCUT2D eigenvalue weighted by molar-refractivity contribution is 7.98. The summed E-state index contributed by atoms with van der Waals surface area (Å²) in [7, 11) is 1.46. The van der Waals surface area contributed by atoms with Crippen LogP contribution in [0, 0.1) is 0 Å². The lowest BCUT2D eigenvalue weighted by atomic mass is 10.2. The largest absolute Gasteiger partial charge is 0.496 e. The van der Waals surface area contributed by atoms with Gasteiger partial charge in [0.15, 0.2) is 6.61 Å². The minimum absolute atomic E-state index is 0.229. The van der Waals surface area contributed by atoms with Gasteiger partial charge in [-0.15, -0.1) is 11.8 Å². The molecule has 1 aromatic rings. The van der Waals surface area contributed by atoms with E-state index < -0.39 is 18.5 Å². The molecule has 1 aromatic carbocycles. The van der Waals surface area contributed by atoms with Crippen LogP contribution < -0.4 is 10.1 Å². The zero-order chi connectivity index (χ0) is 18.7. The number of rotatable bonds is 10. The molecule has 1 rings (SSSR count). The molecule has 0 bridgehead atoms. The van der Waals surface area contributed by atoms with Gasteiger partial charge in [-0.1, -0.05) is 0 Å². The molecule has 0 radical (unpaired) electrons. The standard InChI is InChI=1S/C17H23NO6S/c1-4-23-16(20)6-5-9-18-15(19)11-24-17(21)13-8-7-12(25-3)10-14(13)22-2/h7-8,10H,4-6,9,11H2,1-3H3,(H,18,19). The molecule has 0 heterocycles. The second kappa shape index (κ2) is 11.4. The smallest absolute Gasteiger partial charge is 0.342 e. The van der Waals surface area contributed by atoms with E-state index >= 15 is 0 Å². The van der Waals surface area contributed by atoms with E-state index in [9.17, 15) is 14.4 Å². The second-order valence-corrected chi connectivity index (χ2v) is 5.78. The van der Waals surface area contributed by atoms with E-state index in [1.54, 1.807) is 25.1 Å². The SMILES string of the molecule is CCOC(=O)CCCNC(=O)COC(=O)c1ccc(SC)cc1OC. The molecule has 0 unspecified atom stereocenters. The Balaban J connectivity index is 2.38. The molecule has 0 aliphatic heterocycles. The van der Waals surface area contributed by atoms with Crippen molar-refractivity contribution in [2.75, 3.05) is 33.1 Å². The van der Waals surface area contributed by atoms with Crippen molar-refractivity contribution in [3.05, 3.63) is 23.8 Å². The fourth-order valence-electron chi connectivity index (χ4n) is 1.92. The number of thioether (sulfide) groups is 1. The van der Waals surface area contributed by atoms with Gasteiger partial charge in [0.2, 0.25) is 0 Å². The summed E-state index contributed by atoms with van der Waals surface area (Å²) in [6.07, 6.45) is 2.61. The van der Waals surface area contributed by atoms with E-state index in [0.717, 1.165) is 4.90 Å². The van der Waals surface area contributed by atoms with Gasteiger partial charge in [0, 0.05) is 17.9 Å². The molecule has 0 atom stereocenters. The fourth-order valence-corrected chi connectivity index (χ4v) is 2.35. The quantitative estimate of drug-likeness (QED) is 0.383. The molecule has 7 nitrogen and oxygen atoms in total. The number of carbonyl (C=O) groups is 3. The van der Waals surface area contributed by atoms with Gasteiger partial charge in [-0.2, -0.15) is 0 Å². The van der Waals surface area contributed by atoms with Gasteiger partial charge in [-0.25, -0.2) is 4.79 Å². The van der Waals surface area contributed by atoms with Crippen molar-refractivity contribution < 1.29 is 28.6 Å². The summed E-state index contributed by atoms with van der Waals surface area (Å²) in [4.78, 5) is 35.8. The maximum atomic E-state index is 12.1. The number of benzene rings is 1. The van der Waals surface area contributed by atoms with Crippen LogP contribution in [0.5, 0.6) is 5.75 Å². The van der Waals surface area contributed by atoms with Crippen LogP contribution in [0.15, 0.2) is 23.1 Å². The first-order valence-electron chi connectivity index (χ1n) is 7.83. The normalized spacial score (nSPS) is 10.0. The van der Waals surface area contributed by atoms with E-state index in [0.29, 0.717) is 25.3 Å². The number of hydrogen-bond acceptors (Lipinski definition) is 7.